The number of benzene rings is 2. The molecule has 3 rings (SSSR count). The van der Waals surface area contributed by atoms with Gasteiger partial charge >= 0.3 is 10.2 Å². The van der Waals surface area contributed by atoms with Crippen LogP contribution in [0.25, 0.3) is 0 Å². The predicted molar refractivity (Wildman–Crippen MR) is 82.9 cm³/mol. The molecule has 2 aromatic rings. The molecule has 2 aromatic carbocycles. The van der Waals surface area contributed by atoms with E-state index < -0.39 is 16.0 Å². The van der Waals surface area contributed by atoms with Gasteiger partial charge in [-0.1, -0.05) is 12.1 Å². The second kappa shape index (κ2) is 5.17. The maximum absolute atomic E-state index is 13.5. The van der Waals surface area contributed by atoms with E-state index in [0.29, 0.717) is 17.1 Å². The van der Waals surface area contributed by atoms with Crippen molar-refractivity contribution in [3.8, 4) is 5.75 Å². The fraction of sp³-hybridized carbons (Fsp3) is 0.200. The van der Waals surface area contributed by atoms with Crippen LogP contribution in [0.2, 0.25) is 0 Å². The van der Waals surface area contributed by atoms with Gasteiger partial charge in [-0.05, 0) is 29.8 Å². The Kier molecular flexibility index (Phi) is 3.44. The molecule has 0 fully saturated rings. The Morgan fingerprint density at radius 3 is 2.64 bits per heavy atom. The minimum Gasteiger partial charge on any atom is -0.497 e. The molecule has 0 aliphatic carbocycles. The van der Waals surface area contributed by atoms with E-state index in [0.717, 1.165) is 9.87 Å². The van der Waals surface area contributed by atoms with Crippen molar-refractivity contribution in [3.05, 3.63) is 53.8 Å². The summed E-state index contributed by atoms with van der Waals surface area (Å²) in [5.74, 6) is 0.168. The van der Waals surface area contributed by atoms with Gasteiger partial charge in [-0.2, -0.15) is 8.42 Å². The fourth-order valence-corrected chi connectivity index (χ4v) is 3.87. The van der Waals surface area contributed by atoms with E-state index in [1.165, 1.54) is 29.6 Å². The van der Waals surface area contributed by atoms with Crippen molar-refractivity contribution in [2.24, 2.45) is 0 Å². The lowest BCUT2D eigenvalue weighted by Crippen LogP contribution is -2.35. The number of rotatable bonds is 3. The molecule has 0 radical (unpaired) electrons. The fourth-order valence-electron chi connectivity index (χ4n) is 2.46. The lowest BCUT2D eigenvalue weighted by Gasteiger charge is -2.19. The monoisotopic (exact) mass is 322 g/mol. The van der Waals surface area contributed by atoms with Crippen molar-refractivity contribution in [1.82, 2.24) is 0 Å². The zero-order chi connectivity index (χ0) is 15.9. The highest BCUT2D eigenvalue weighted by molar-refractivity contribution is 7.94. The van der Waals surface area contributed by atoms with E-state index in [2.05, 4.69) is 0 Å². The van der Waals surface area contributed by atoms with Gasteiger partial charge in [0, 0.05) is 13.1 Å². The van der Waals surface area contributed by atoms with Gasteiger partial charge in [0.05, 0.1) is 25.0 Å². The van der Waals surface area contributed by atoms with Gasteiger partial charge in [0.1, 0.15) is 11.6 Å². The summed E-state index contributed by atoms with van der Waals surface area (Å²) in [4.78, 5) is 0. The second-order valence-corrected chi connectivity index (χ2v) is 6.85. The molecule has 0 saturated heterocycles. The van der Waals surface area contributed by atoms with Crippen LogP contribution in [0.15, 0.2) is 42.5 Å². The topological polar surface area (TPSA) is 49.9 Å². The highest BCUT2D eigenvalue weighted by atomic mass is 32.2. The lowest BCUT2D eigenvalue weighted by atomic mass is 10.2. The summed E-state index contributed by atoms with van der Waals surface area (Å²) in [5.41, 5.74) is 1.56. The standard InChI is InChI=1S/C15H15FN2O3S/c1-17-14-7-6-12(16)9-15(14)18(22(17,19)20)10-11-4-3-5-13(8-11)21-2/h3-9H,10H2,1-2H3. The van der Waals surface area contributed by atoms with Gasteiger partial charge in [-0.3, -0.25) is 4.31 Å². The lowest BCUT2D eigenvalue weighted by molar-refractivity contribution is 0.414. The molecule has 116 valence electrons. The molecule has 0 atom stereocenters. The third-order valence-electron chi connectivity index (χ3n) is 3.63. The van der Waals surface area contributed by atoms with Crippen LogP contribution in [0, 0.1) is 5.82 Å². The van der Waals surface area contributed by atoms with Crippen LogP contribution in [-0.2, 0) is 16.8 Å². The van der Waals surface area contributed by atoms with E-state index in [9.17, 15) is 12.8 Å². The molecule has 1 aliphatic rings. The first kappa shape index (κ1) is 14.6. The Morgan fingerprint density at radius 2 is 1.91 bits per heavy atom. The first-order valence-corrected chi connectivity index (χ1v) is 8.02. The molecule has 1 heterocycles. The van der Waals surface area contributed by atoms with Crippen molar-refractivity contribution in [3.63, 3.8) is 0 Å². The van der Waals surface area contributed by atoms with E-state index in [4.69, 9.17) is 4.74 Å². The third-order valence-corrected chi connectivity index (χ3v) is 5.40. The van der Waals surface area contributed by atoms with Gasteiger partial charge in [0.25, 0.3) is 0 Å². The SMILES string of the molecule is COc1cccc(CN2c3cc(F)ccc3N(C)S2(=O)=O)c1. The summed E-state index contributed by atoms with van der Waals surface area (Å²) in [6.07, 6.45) is 0. The maximum Gasteiger partial charge on any atom is 0.326 e. The molecule has 5 nitrogen and oxygen atoms in total. The van der Waals surface area contributed by atoms with Crippen LogP contribution in [-0.4, -0.2) is 22.6 Å². The molecule has 0 spiro atoms. The van der Waals surface area contributed by atoms with Gasteiger partial charge in [-0.15, -0.1) is 0 Å². The molecule has 0 saturated carbocycles. The van der Waals surface area contributed by atoms with Crippen molar-refractivity contribution < 1.29 is 17.5 Å². The average molecular weight is 322 g/mol. The molecule has 22 heavy (non-hydrogen) atoms. The van der Waals surface area contributed by atoms with Crippen molar-refractivity contribution >= 4 is 21.6 Å². The van der Waals surface area contributed by atoms with Crippen molar-refractivity contribution in [2.45, 2.75) is 6.54 Å². The molecule has 0 bridgehead atoms. The predicted octanol–water partition coefficient (Wildman–Crippen LogP) is 2.54. The summed E-state index contributed by atoms with van der Waals surface area (Å²) in [6.45, 7) is 0.111. The van der Waals surface area contributed by atoms with Crippen molar-refractivity contribution in [1.29, 1.82) is 0 Å². The second-order valence-electron chi connectivity index (χ2n) is 4.97. The normalized spacial score (nSPS) is 15.8. The van der Waals surface area contributed by atoms with Crippen LogP contribution in [0.4, 0.5) is 15.8 Å². The van der Waals surface area contributed by atoms with Crippen molar-refractivity contribution in [2.75, 3.05) is 22.8 Å². The first-order chi connectivity index (χ1) is 10.4. The Morgan fingerprint density at radius 1 is 1.14 bits per heavy atom. The summed E-state index contributed by atoms with van der Waals surface area (Å²) in [6, 6.07) is 11.1. The average Bonchev–Trinajstić information content (AvgIpc) is 2.68. The number of fused-ring (bicyclic) bond motifs is 1. The first-order valence-electron chi connectivity index (χ1n) is 6.62. The van der Waals surface area contributed by atoms with E-state index in [1.807, 2.05) is 0 Å². The zero-order valence-electron chi connectivity index (χ0n) is 12.2. The molecule has 1 aliphatic heterocycles. The summed E-state index contributed by atoms with van der Waals surface area (Å²) < 4.78 is 46.0. The highest BCUT2D eigenvalue weighted by Crippen LogP contribution is 2.41. The molecule has 0 N–H and O–H groups in total. The molecule has 0 aromatic heterocycles. The number of nitrogens with zero attached hydrogens (tertiary/aromatic N) is 2. The number of hydrogen-bond donors (Lipinski definition) is 0. The quantitative estimate of drug-likeness (QED) is 0.872. The van der Waals surface area contributed by atoms with Crippen LogP contribution >= 0.6 is 0 Å². The van der Waals surface area contributed by atoms with Crippen LogP contribution in [0.3, 0.4) is 0 Å². The zero-order valence-corrected chi connectivity index (χ0v) is 13.0. The van der Waals surface area contributed by atoms with E-state index >= 15 is 0 Å². The number of methoxy groups -OCH3 is 1. The van der Waals surface area contributed by atoms with Gasteiger partial charge in [0.15, 0.2) is 0 Å². The van der Waals surface area contributed by atoms with Gasteiger partial charge in [0.2, 0.25) is 0 Å². The summed E-state index contributed by atoms with van der Waals surface area (Å²) in [5, 5.41) is 0. The van der Waals surface area contributed by atoms with E-state index in [1.54, 1.807) is 31.4 Å². The van der Waals surface area contributed by atoms with Gasteiger partial charge in [-0.25, -0.2) is 8.70 Å². The van der Waals surface area contributed by atoms with Crippen LogP contribution in [0.1, 0.15) is 5.56 Å². The van der Waals surface area contributed by atoms with Gasteiger partial charge < -0.3 is 4.74 Å². The molecular weight excluding hydrogens is 307 g/mol. The smallest absolute Gasteiger partial charge is 0.326 e. The summed E-state index contributed by atoms with van der Waals surface area (Å²) >= 11 is 0. The molecular formula is C15H15FN2O3S. The van der Waals surface area contributed by atoms with E-state index in [-0.39, 0.29) is 6.54 Å². The van der Waals surface area contributed by atoms with Crippen LogP contribution in [0.5, 0.6) is 5.75 Å². The molecule has 7 heteroatoms. The third kappa shape index (κ3) is 2.27. The minimum atomic E-state index is -3.70. The minimum absolute atomic E-state index is 0.111. The van der Waals surface area contributed by atoms with Crippen LogP contribution < -0.4 is 13.3 Å². The largest absolute Gasteiger partial charge is 0.497 e. The molecule has 0 unspecified atom stereocenters. The highest BCUT2D eigenvalue weighted by Gasteiger charge is 2.38. The Labute approximate surface area is 128 Å². The Balaban J connectivity index is 2.04. The number of hydrogen-bond acceptors (Lipinski definition) is 3. The number of anilines is 2. The Hall–Kier alpha value is -2.28. The number of halogens is 1. The molecule has 0 amide bonds. The summed E-state index contributed by atoms with van der Waals surface area (Å²) in [7, 11) is -0.698. The maximum atomic E-state index is 13.5. The number of ether oxygens (including phenoxy) is 1. The Bertz CT molecular complexity index is 823.